The number of hydrogen-bond donors (Lipinski definition) is 1. The number of rotatable bonds is 5. The Morgan fingerprint density at radius 3 is 2.25 bits per heavy atom. The first-order valence-corrected chi connectivity index (χ1v) is 14.6. The predicted molar refractivity (Wildman–Crippen MR) is 161 cm³/mol. The van der Waals surface area contributed by atoms with Crippen LogP contribution < -0.4 is 15.0 Å². The largest absolute Gasteiger partial charge is 0.494 e. The van der Waals surface area contributed by atoms with Crippen molar-refractivity contribution < 1.29 is 28.6 Å². The number of aryl methyl sites for hydroxylation is 1. The minimum atomic E-state index is -0.755. The highest BCUT2D eigenvalue weighted by Gasteiger charge is 2.50. The van der Waals surface area contributed by atoms with Crippen LogP contribution in [0.3, 0.4) is 0 Å². The van der Waals surface area contributed by atoms with Crippen molar-refractivity contribution in [2.24, 2.45) is 0 Å². The Morgan fingerprint density at radius 1 is 1.05 bits per heavy atom. The van der Waals surface area contributed by atoms with Crippen molar-refractivity contribution in [1.82, 2.24) is 5.32 Å². The second kappa shape index (κ2) is 10.6. The molecule has 8 nitrogen and oxygen atoms in total. The Labute approximate surface area is 246 Å². The van der Waals surface area contributed by atoms with E-state index in [1.165, 1.54) is 14.2 Å². The summed E-state index contributed by atoms with van der Waals surface area (Å²) >= 11 is 8.43. The highest BCUT2D eigenvalue weighted by atomic mass is 32.2. The number of esters is 2. The van der Waals surface area contributed by atoms with Gasteiger partial charge >= 0.3 is 11.9 Å². The molecular formula is C29H28N2O6S3. The molecular weight excluding hydrogens is 569 g/mol. The van der Waals surface area contributed by atoms with Gasteiger partial charge in [-0.3, -0.25) is 4.79 Å². The molecule has 0 bridgehead atoms. The van der Waals surface area contributed by atoms with Crippen LogP contribution in [-0.4, -0.2) is 49.1 Å². The maximum Gasteiger partial charge on any atom is 0.346 e. The zero-order chi connectivity index (χ0) is 28.9. The molecule has 0 saturated heterocycles. The third-order valence-electron chi connectivity index (χ3n) is 6.96. The minimum absolute atomic E-state index is 0.134. The highest BCUT2D eigenvalue weighted by Crippen LogP contribution is 2.58. The normalized spacial score (nSPS) is 19.4. The summed E-state index contributed by atoms with van der Waals surface area (Å²) in [6.07, 6.45) is -0.477. The Morgan fingerprint density at radius 2 is 1.68 bits per heavy atom. The maximum absolute atomic E-state index is 13.6. The molecule has 3 heterocycles. The second-order valence-corrected chi connectivity index (χ2v) is 12.6. The van der Waals surface area contributed by atoms with Crippen molar-refractivity contribution >= 4 is 69.7 Å². The fraction of sp³-hybridized carbons (Fsp3) is 0.310. The molecule has 208 valence electrons. The summed E-state index contributed by atoms with van der Waals surface area (Å²) in [6.45, 7) is 8.31. The lowest BCUT2D eigenvalue weighted by atomic mass is 9.79. The van der Waals surface area contributed by atoms with Gasteiger partial charge in [0.2, 0.25) is 0 Å². The number of thiocarbonyl (C=S) groups is 1. The monoisotopic (exact) mass is 596 g/mol. The molecule has 0 aliphatic carbocycles. The van der Waals surface area contributed by atoms with Crippen molar-refractivity contribution in [3.05, 3.63) is 72.7 Å². The summed E-state index contributed by atoms with van der Waals surface area (Å²) in [6, 6.07) is 11.6. The molecule has 1 unspecified atom stereocenters. The number of thioether (sulfide) groups is 2. The number of ether oxygens (including phenoxy) is 3. The molecule has 0 aromatic heterocycles. The van der Waals surface area contributed by atoms with E-state index in [-0.39, 0.29) is 15.7 Å². The van der Waals surface area contributed by atoms with Crippen molar-refractivity contribution in [1.29, 1.82) is 0 Å². The molecule has 11 heteroatoms. The summed E-state index contributed by atoms with van der Waals surface area (Å²) in [7, 11) is 2.53. The van der Waals surface area contributed by atoms with Crippen LogP contribution >= 0.6 is 35.7 Å². The van der Waals surface area contributed by atoms with Crippen LogP contribution in [0.1, 0.15) is 54.0 Å². The third-order valence-corrected chi connectivity index (χ3v) is 10.2. The van der Waals surface area contributed by atoms with Gasteiger partial charge in [0.25, 0.3) is 5.91 Å². The molecule has 3 aliphatic rings. The zero-order valence-electron chi connectivity index (χ0n) is 22.9. The molecule has 5 rings (SSSR count). The van der Waals surface area contributed by atoms with E-state index in [4.69, 9.17) is 26.4 Å². The summed E-state index contributed by atoms with van der Waals surface area (Å²) in [5.74, 6) is -0.993. The molecule has 0 radical (unpaired) electrons. The lowest BCUT2D eigenvalue weighted by Gasteiger charge is -2.53. The van der Waals surface area contributed by atoms with Crippen LogP contribution in [0.5, 0.6) is 5.75 Å². The average Bonchev–Trinajstić information content (AvgIpc) is 3.37. The Hall–Kier alpha value is -3.28. The van der Waals surface area contributed by atoms with E-state index in [1.807, 2.05) is 52.0 Å². The number of amides is 1. The van der Waals surface area contributed by atoms with E-state index < -0.39 is 23.6 Å². The average molecular weight is 597 g/mol. The number of anilines is 1. The summed E-state index contributed by atoms with van der Waals surface area (Å²) in [5.41, 5.74) is 3.78. The van der Waals surface area contributed by atoms with Gasteiger partial charge < -0.3 is 24.4 Å². The van der Waals surface area contributed by atoms with E-state index in [0.717, 1.165) is 34.7 Å². The molecule has 40 heavy (non-hydrogen) atoms. The van der Waals surface area contributed by atoms with Crippen LogP contribution in [-0.2, 0) is 19.1 Å². The van der Waals surface area contributed by atoms with Crippen LogP contribution in [0.4, 0.5) is 5.69 Å². The maximum atomic E-state index is 13.6. The van der Waals surface area contributed by atoms with Gasteiger partial charge in [-0.05, 0) is 45.4 Å². The SMILES string of the molecule is CCOc1cc2c3c(c1)C(=C1SC(C(=O)OC)=C(C(=O)OC)S1)C(=S)C(C)(C)N3C(c1cccc(C)c1)NC2=O. The first kappa shape index (κ1) is 28.3. The quantitative estimate of drug-likeness (QED) is 0.271. The van der Waals surface area contributed by atoms with E-state index in [2.05, 4.69) is 16.3 Å². The fourth-order valence-electron chi connectivity index (χ4n) is 5.15. The Balaban J connectivity index is 1.78. The number of nitrogens with one attached hydrogen (secondary N) is 1. The van der Waals surface area contributed by atoms with Gasteiger partial charge in [-0.25, -0.2) is 9.59 Å². The topological polar surface area (TPSA) is 94.2 Å². The Bertz CT molecular complexity index is 1510. The van der Waals surface area contributed by atoms with Crippen molar-refractivity contribution in [3.63, 3.8) is 0 Å². The number of nitrogens with zero attached hydrogens (tertiary/aromatic N) is 1. The summed E-state index contributed by atoms with van der Waals surface area (Å²) in [4.78, 5) is 41.9. The lowest BCUT2D eigenvalue weighted by Crippen LogP contribution is -2.61. The van der Waals surface area contributed by atoms with E-state index in [1.54, 1.807) is 6.07 Å². The van der Waals surface area contributed by atoms with Gasteiger partial charge in [0, 0.05) is 16.0 Å². The minimum Gasteiger partial charge on any atom is -0.494 e. The van der Waals surface area contributed by atoms with Crippen LogP contribution in [0.2, 0.25) is 0 Å². The lowest BCUT2D eigenvalue weighted by molar-refractivity contribution is -0.138. The first-order valence-electron chi connectivity index (χ1n) is 12.6. The number of hydrogen-bond acceptors (Lipinski definition) is 10. The van der Waals surface area contributed by atoms with Gasteiger partial charge in [-0.2, -0.15) is 0 Å². The van der Waals surface area contributed by atoms with Crippen LogP contribution in [0.25, 0.3) is 5.57 Å². The molecule has 2 aromatic rings. The van der Waals surface area contributed by atoms with Gasteiger partial charge in [-0.1, -0.05) is 65.6 Å². The molecule has 3 aliphatic heterocycles. The van der Waals surface area contributed by atoms with Crippen LogP contribution in [0.15, 0.2) is 50.4 Å². The molecule has 0 saturated carbocycles. The predicted octanol–water partition coefficient (Wildman–Crippen LogP) is 5.51. The number of methoxy groups -OCH3 is 2. The first-order chi connectivity index (χ1) is 19.0. The smallest absolute Gasteiger partial charge is 0.346 e. The molecule has 1 amide bonds. The second-order valence-electron chi connectivity index (χ2n) is 9.86. The number of benzene rings is 2. The van der Waals surface area contributed by atoms with Crippen molar-refractivity contribution in [2.45, 2.75) is 39.4 Å². The standard InChI is InChI=1S/C29H28N2O6S3/c1-7-37-16-12-17-19(28-39-21(26(33)35-5)22(40-28)27(34)36-6)23(38)29(3,4)31-20(17)18(13-16)25(32)30-24(31)15-10-8-9-14(2)11-15/h8-13,24H,7H2,1-6H3,(H,30,32). The number of carbonyl (C=O) groups is 3. The van der Waals surface area contributed by atoms with Gasteiger partial charge in [0.1, 0.15) is 21.7 Å². The van der Waals surface area contributed by atoms with Gasteiger partial charge in [0.15, 0.2) is 0 Å². The molecule has 1 N–H and O–H groups in total. The van der Waals surface area contributed by atoms with Gasteiger partial charge in [-0.15, -0.1) is 0 Å². The zero-order valence-corrected chi connectivity index (χ0v) is 25.3. The van der Waals surface area contributed by atoms with Crippen molar-refractivity contribution in [3.8, 4) is 5.75 Å². The molecule has 0 fully saturated rings. The van der Waals surface area contributed by atoms with Gasteiger partial charge in [0.05, 0.1) is 41.9 Å². The van der Waals surface area contributed by atoms with E-state index >= 15 is 0 Å². The third kappa shape index (κ3) is 4.49. The fourth-order valence-corrected chi connectivity index (χ4v) is 8.19. The summed E-state index contributed by atoms with van der Waals surface area (Å²) in [5, 5.41) is 3.18. The van der Waals surface area contributed by atoms with Crippen LogP contribution in [0, 0.1) is 6.92 Å². The highest BCUT2D eigenvalue weighted by molar-refractivity contribution is 8.29. The van der Waals surface area contributed by atoms with E-state index in [9.17, 15) is 14.4 Å². The molecule has 2 aromatic carbocycles. The number of carbonyl (C=O) groups excluding carboxylic acids is 3. The molecule has 0 spiro atoms. The summed E-state index contributed by atoms with van der Waals surface area (Å²) < 4.78 is 16.4. The Kier molecular flexibility index (Phi) is 7.49. The van der Waals surface area contributed by atoms with E-state index in [0.29, 0.717) is 43.8 Å². The van der Waals surface area contributed by atoms with Crippen molar-refractivity contribution in [2.75, 3.05) is 25.7 Å². The molecule has 1 atom stereocenters.